The molecular formula is C12H26. The minimum atomic E-state index is 1.06. The normalized spacial score (nSPS) is 7.83. The quantitative estimate of drug-likeness (QED) is 0.513. The molecule has 0 unspecified atom stereocenters. The molecule has 0 N–H and O–H groups in total. The molecule has 0 aliphatic rings. The van der Waals surface area contributed by atoms with Crippen molar-refractivity contribution in [2.24, 2.45) is 0 Å². The van der Waals surface area contributed by atoms with Crippen molar-refractivity contribution in [2.45, 2.75) is 54.4 Å². The van der Waals surface area contributed by atoms with Crippen LogP contribution in [0.1, 0.15) is 54.4 Å². The molecule has 0 rings (SSSR count). The number of allylic oxidation sites excluding steroid dienone is 3. The Morgan fingerprint density at radius 1 is 1.17 bits per heavy atom. The largest absolute Gasteiger partial charge is 0.0959 e. The summed E-state index contributed by atoms with van der Waals surface area (Å²) in [6.07, 6.45) is 6.34. The van der Waals surface area contributed by atoms with Crippen LogP contribution >= 0.6 is 0 Å². The third-order valence-electron chi connectivity index (χ3n) is 0.856. The lowest BCUT2D eigenvalue weighted by molar-refractivity contribution is 1.09. The van der Waals surface area contributed by atoms with Gasteiger partial charge < -0.3 is 0 Å². The molecule has 0 heteroatoms. The van der Waals surface area contributed by atoms with E-state index in [4.69, 9.17) is 0 Å². The predicted molar refractivity (Wildman–Crippen MR) is 61.6 cm³/mol. The monoisotopic (exact) mass is 170 g/mol. The fourth-order valence-electron chi connectivity index (χ4n) is 0.354. The van der Waals surface area contributed by atoms with Crippen molar-refractivity contribution < 1.29 is 0 Å². The summed E-state index contributed by atoms with van der Waals surface area (Å²) in [5.74, 6) is 0. The molecule has 0 aromatic heterocycles. The van der Waals surface area contributed by atoms with Gasteiger partial charge >= 0.3 is 0 Å². The molecule has 0 amide bonds. The topological polar surface area (TPSA) is 0 Å². The van der Waals surface area contributed by atoms with Crippen molar-refractivity contribution in [3.8, 4) is 0 Å². The van der Waals surface area contributed by atoms with E-state index >= 15 is 0 Å². The molecule has 0 heterocycles. The average molecular weight is 170 g/mol. The van der Waals surface area contributed by atoms with Gasteiger partial charge in [0.05, 0.1) is 0 Å². The smallest absolute Gasteiger partial charge is 0.0313 e. The first-order valence-corrected chi connectivity index (χ1v) is 5.03. The number of hydrogen-bond donors (Lipinski definition) is 0. The van der Waals surface area contributed by atoms with Crippen LogP contribution in [0.25, 0.3) is 0 Å². The summed E-state index contributed by atoms with van der Waals surface area (Å²) in [5, 5.41) is 0. The molecular weight excluding hydrogens is 144 g/mol. The van der Waals surface area contributed by atoms with E-state index in [1.54, 1.807) is 0 Å². The lowest BCUT2D eigenvalue weighted by atomic mass is 10.2. The summed E-state index contributed by atoms with van der Waals surface area (Å²) >= 11 is 0. The van der Waals surface area contributed by atoms with Crippen LogP contribution in [-0.2, 0) is 0 Å². The second-order valence-electron chi connectivity index (χ2n) is 2.22. The lowest BCUT2D eigenvalue weighted by Gasteiger charge is -1.85. The van der Waals surface area contributed by atoms with E-state index in [9.17, 15) is 0 Å². The summed E-state index contributed by atoms with van der Waals surface area (Å²) in [7, 11) is 0. The standard InChI is InChI=1S/C7H12.C3H8.C2H6/c1-4-6-7(3)5-2;1-3-2;1-2/h4,6H,3,5H2,1-2H3;3H2,1-2H3;1-2H3/b6-4-;;. The van der Waals surface area contributed by atoms with Crippen molar-refractivity contribution in [2.75, 3.05) is 0 Å². The van der Waals surface area contributed by atoms with Gasteiger partial charge in [0.1, 0.15) is 0 Å². The van der Waals surface area contributed by atoms with Crippen LogP contribution in [0, 0.1) is 0 Å². The minimum absolute atomic E-state index is 1.06. The van der Waals surface area contributed by atoms with Crippen LogP contribution in [0.5, 0.6) is 0 Å². The Morgan fingerprint density at radius 3 is 1.58 bits per heavy atom. The Bertz CT molecular complexity index is 88.2. The molecule has 12 heavy (non-hydrogen) atoms. The maximum Gasteiger partial charge on any atom is -0.0313 e. The SMILES string of the molecule is C=C(/C=C\C)CC.CC.CCC. The molecule has 0 nitrogen and oxygen atoms in total. The van der Waals surface area contributed by atoms with Gasteiger partial charge in [-0.25, -0.2) is 0 Å². The average Bonchev–Trinajstić information content (AvgIpc) is 2.10. The Labute approximate surface area is 79.4 Å². The van der Waals surface area contributed by atoms with Crippen LogP contribution in [-0.4, -0.2) is 0 Å². The molecule has 74 valence electrons. The van der Waals surface area contributed by atoms with Gasteiger partial charge in [0.15, 0.2) is 0 Å². The van der Waals surface area contributed by atoms with E-state index in [1.165, 1.54) is 12.0 Å². The molecule has 0 aromatic rings. The van der Waals surface area contributed by atoms with Crippen LogP contribution in [0.2, 0.25) is 0 Å². The summed E-state index contributed by atoms with van der Waals surface area (Å²) in [6.45, 7) is 16.1. The van der Waals surface area contributed by atoms with Gasteiger partial charge in [-0.15, -0.1) is 0 Å². The van der Waals surface area contributed by atoms with E-state index in [1.807, 2.05) is 32.9 Å². The molecule has 0 radical (unpaired) electrons. The van der Waals surface area contributed by atoms with Crippen molar-refractivity contribution in [1.82, 2.24) is 0 Å². The van der Waals surface area contributed by atoms with E-state index in [-0.39, 0.29) is 0 Å². The Morgan fingerprint density at radius 2 is 1.50 bits per heavy atom. The highest BCUT2D eigenvalue weighted by molar-refractivity contribution is 5.12. The van der Waals surface area contributed by atoms with Crippen molar-refractivity contribution in [3.63, 3.8) is 0 Å². The molecule has 0 aromatic carbocycles. The van der Waals surface area contributed by atoms with Crippen LogP contribution < -0.4 is 0 Å². The first kappa shape index (κ1) is 17.5. The highest BCUT2D eigenvalue weighted by Gasteiger charge is 1.75. The van der Waals surface area contributed by atoms with E-state index in [2.05, 4.69) is 27.4 Å². The number of hydrogen-bond acceptors (Lipinski definition) is 0. The van der Waals surface area contributed by atoms with Gasteiger partial charge in [-0.05, 0) is 13.3 Å². The molecule has 0 aliphatic carbocycles. The fraction of sp³-hybridized carbons (Fsp3) is 0.667. The maximum absolute atomic E-state index is 3.78. The highest BCUT2D eigenvalue weighted by Crippen LogP contribution is 1.95. The third-order valence-corrected chi connectivity index (χ3v) is 0.856. The van der Waals surface area contributed by atoms with Crippen LogP contribution in [0.3, 0.4) is 0 Å². The molecule has 0 spiro atoms. The Balaban J connectivity index is -0.000000137. The highest BCUT2D eigenvalue weighted by atomic mass is 13.8. The van der Waals surface area contributed by atoms with Gasteiger partial charge in [-0.2, -0.15) is 0 Å². The summed E-state index contributed by atoms with van der Waals surface area (Å²) in [6, 6.07) is 0. The Kier molecular flexibility index (Phi) is 32.8. The van der Waals surface area contributed by atoms with Crippen LogP contribution in [0.4, 0.5) is 0 Å². The number of rotatable bonds is 2. The first-order chi connectivity index (χ1) is 5.72. The molecule has 0 saturated heterocycles. The van der Waals surface area contributed by atoms with Crippen LogP contribution in [0.15, 0.2) is 24.3 Å². The van der Waals surface area contributed by atoms with E-state index in [0.717, 1.165) is 6.42 Å². The maximum atomic E-state index is 3.78. The summed E-state index contributed by atoms with van der Waals surface area (Å²) in [5.41, 5.74) is 1.20. The van der Waals surface area contributed by atoms with Crippen molar-refractivity contribution in [1.29, 1.82) is 0 Å². The molecule has 0 bridgehead atoms. The van der Waals surface area contributed by atoms with Gasteiger partial charge in [0.2, 0.25) is 0 Å². The fourth-order valence-corrected chi connectivity index (χ4v) is 0.354. The second-order valence-corrected chi connectivity index (χ2v) is 2.22. The molecule has 0 fully saturated rings. The van der Waals surface area contributed by atoms with Crippen molar-refractivity contribution in [3.05, 3.63) is 24.3 Å². The zero-order valence-corrected chi connectivity index (χ0v) is 9.78. The van der Waals surface area contributed by atoms with Crippen molar-refractivity contribution >= 4 is 0 Å². The lowest BCUT2D eigenvalue weighted by Crippen LogP contribution is -1.65. The molecule has 0 saturated carbocycles. The zero-order chi connectivity index (χ0) is 10.4. The second kappa shape index (κ2) is 22.4. The minimum Gasteiger partial charge on any atom is -0.0959 e. The van der Waals surface area contributed by atoms with Gasteiger partial charge in [0, 0.05) is 0 Å². The van der Waals surface area contributed by atoms with Gasteiger partial charge in [-0.3, -0.25) is 0 Å². The Hall–Kier alpha value is -0.520. The summed E-state index contributed by atoms with van der Waals surface area (Å²) in [4.78, 5) is 0. The van der Waals surface area contributed by atoms with E-state index < -0.39 is 0 Å². The van der Waals surface area contributed by atoms with Gasteiger partial charge in [0.25, 0.3) is 0 Å². The summed E-state index contributed by atoms with van der Waals surface area (Å²) < 4.78 is 0. The van der Waals surface area contributed by atoms with Gasteiger partial charge in [-0.1, -0.05) is 65.3 Å². The third kappa shape index (κ3) is 34.0. The first-order valence-electron chi connectivity index (χ1n) is 5.03. The molecule has 0 atom stereocenters. The molecule has 0 aliphatic heterocycles. The predicted octanol–water partition coefficient (Wildman–Crippen LogP) is 4.97. The zero-order valence-electron chi connectivity index (χ0n) is 9.78. The van der Waals surface area contributed by atoms with E-state index in [0.29, 0.717) is 0 Å².